The number of halogens is 1. The van der Waals surface area contributed by atoms with E-state index < -0.39 is 19.7 Å². The summed E-state index contributed by atoms with van der Waals surface area (Å²) in [6, 6.07) is 16.5. The topological polar surface area (TPSA) is 78.0 Å². The molecule has 4 rings (SSSR count). The smallest absolute Gasteiger partial charge is 0.179 e. The first-order chi connectivity index (χ1) is 16.2. The van der Waals surface area contributed by atoms with Gasteiger partial charge in [0.1, 0.15) is 0 Å². The van der Waals surface area contributed by atoms with Gasteiger partial charge in [-0.3, -0.25) is 14.7 Å². The van der Waals surface area contributed by atoms with E-state index in [4.69, 9.17) is 0 Å². The maximum absolute atomic E-state index is 12.5. The van der Waals surface area contributed by atoms with Crippen LogP contribution >= 0.6 is 12.4 Å². The lowest BCUT2D eigenvalue weighted by molar-refractivity contribution is 0.0594. The molecule has 0 atom stereocenters. The zero-order valence-corrected chi connectivity index (χ0v) is 22.7. The highest BCUT2D eigenvalue weighted by Gasteiger charge is 2.28. The zero-order chi connectivity index (χ0) is 24.2. The summed E-state index contributed by atoms with van der Waals surface area (Å²) in [4.78, 5) is 7.99. The Labute approximate surface area is 216 Å². The van der Waals surface area contributed by atoms with Crippen molar-refractivity contribution in [2.75, 3.05) is 57.8 Å². The summed E-state index contributed by atoms with van der Waals surface area (Å²) in [7, 11) is -6.46. The summed E-state index contributed by atoms with van der Waals surface area (Å²) >= 11 is 0. The molecule has 2 fully saturated rings. The fourth-order valence-corrected chi connectivity index (χ4v) is 7.27. The molecule has 194 valence electrons. The van der Waals surface area contributed by atoms with E-state index in [0.717, 1.165) is 57.7 Å². The number of piperazine rings is 1. The maximum Gasteiger partial charge on any atom is 0.179 e. The van der Waals surface area contributed by atoms with Crippen molar-refractivity contribution in [3.05, 3.63) is 60.2 Å². The van der Waals surface area contributed by atoms with E-state index in [1.54, 1.807) is 36.4 Å². The molecule has 10 heteroatoms. The van der Waals surface area contributed by atoms with Crippen LogP contribution in [0.5, 0.6) is 0 Å². The van der Waals surface area contributed by atoms with Gasteiger partial charge in [-0.2, -0.15) is 0 Å². The Kier molecular flexibility index (Phi) is 9.76. The highest BCUT2D eigenvalue weighted by atomic mass is 35.5. The Morgan fingerprint density at radius 3 is 2.00 bits per heavy atom. The van der Waals surface area contributed by atoms with Crippen molar-refractivity contribution in [2.24, 2.45) is 0 Å². The van der Waals surface area contributed by atoms with Gasteiger partial charge < -0.3 is 0 Å². The summed E-state index contributed by atoms with van der Waals surface area (Å²) < 4.78 is 49.3. The highest BCUT2D eigenvalue weighted by molar-refractivity contribution is 7.91. The number of sulfone groups is 2. The van der Waals surface area contributed by atoms with Gasteiger partial charge in [0, 0.05) is 51.6 Å². The molecule has 0 bridgehead atoms. The lowest BCUT2D eigenvalue weighted by atomic mass is 10.0. The fourth-order valence-electron chi connectivity index (χ4n) is 5.03. The van der Waals surface area contributed by atoms with E-state index >= 15 is 0 Å². The van der Waals surface area contributed by atoms with E-state index in [0.29, 0.717) is 28.9 Å². The molecular weight excluding hydrogens is 506 g/mol. The van der Waals surface area contributed by atoms with Gasteiger partial charge in [0.05, 0.1) is 15.5 Å². The number of hydrogen-bond donors (Lipinski definition) is 0. The van der Waals surface area contributed by atoms with E-state index in [1.807, 2.05) is 18.2 Å². The average Bonchev–Trinajstić information content (AvgIpc) is 2.84. The molecule has 7 nitrogen and oxygen atoms in total. The molecule has 0 spiro atoms. The van der Waals surface area contributed by atoms with Crippen molar-refractivity contribution in [3.8, 4) is 0 Å². The van der Waals surface area contributed by atoms with Crippen molar-refractivity contribution in [1.82, 2.24) is 14.7 Å². The first-order valence-electron chi connectivity index (χ1n) is 12.0. The average molecular weight is 542 g/mol. The van der Waals surface area contributed by atoms with Crippen LogP contribution in [0.2, 0.25) is 0 Å². The van der Waals surface area contributed by atoms with Crippen LogP contribution in [0.15, 0.2) is 64.4 Å². The highest BCUT2D eigenvalue weighted by Crippen LogP contribution is 2.23. The Morgan fingerprint density at radius 2 is 1.37 bits per heavy atom. The predicted molar refractivity (Wildman–Crippen MR) is 142 cm³/mol. The Balaban J connectivity index is 0.00000342. The summed E-state index contributed by atoms with van der Waals surface area (Å²) in [6.45, 7) is 6.87. The molecule has 0 amide bonds. The first-order valence-corrected chi connectivity index (χ1v) is 15.5. The van der Waals surface area contributed by atoms with Crippen molar-refractivity contribution in [1.29, 1.82) is 0 Å². The second-order valence-corrected chi connectivity index (χ2v) is 13.5. The molecule has 2 aliphatic heterocycles. The Morgan fingerprint density at radius 1 is 0.771 bits per heavy atom. The molecule has 35 heavy (non-hydrogen) atoms. The molecule has 2 aromatic rings. The van der Waals surface area contributed by atoms with Gasteiger partial charge in [-0.05, 0) is 49.7 Å². The largest absolute Gasteiger partial charge is 0.300 e. The predicted octanol–water partition coefficient (Wildman–Crippen LogP) is 2.57. The zero-order valence-electron chi connectivity index (χ0n) is 20.3. The van der Waals surface area contributed by atoms with Crippen molar-refractivity contribution in [2.45, 2.75) is 35.2 Å². The van der Waals surface area contributed by atoms with Crippen molar-refractivity contribution < 1.29 is 16.8 Å². The molecule has 0 saturated carbocycles. The van der Waals surface area contributed by atoms with Gasteiger partial charge >= 0.3 is 0 Å². The van der Waals surface area contributed by atoms with Gasteiger partial charge in [-0.1, -0.05) is 36.4 Å². The van der Waals surface area contributed by atoms with Crippen LogP contribution in [0.4, 0.5) is 0 Å². The molecule has 2 aliphatic rings. The summed E-state index contributed by atoms with van der Waals surface area (Å²) in [5.41, 5.74) is 0.877. The van der Waals surface area contributed by atoms with Crippen molar-refractivity contribution in [3.63, 3.8) is 0 Å². The van der Waals surface area contributed by atoms with Crippen LogP contribution in [-0.4, -0.2) is 95.4 Å². The fraction of sp³-hybridized carbons (Fsp3) is 0.520. The Hall–Kier alpha value is -1.49. The monoisotopic (exact) mass is 541 g/mol. The van der Waals surface area contributed by atoms with E-state index in [9.17, 15) is 16.8 Å². The van der Waals surface area contributed by atoms with Crippen LogP contribution in [0.25, 0.3) is 0 Å². The van der Waals surface area contributed by atoms with Crippen LogP contribution in [-0.2, 0) is 26.2 Å². The SMILES string of the molecule is CS(=O)(=O)c1ccccc1CN1CCC(N2CCN(CCS(=O)(=O)c3ccccc3)CC2)CC1.Cl. The minimum Gasteiger partial charge on any atom is -0.300 e. The summed E-state index contributed by atoms with van der Waals surface area (Å²) in [6.07, 6.45) is 3.42. The van der Waals surface area contributed by atoms with E-state index in [2.05, 4.69) is 14.7 Å². The molecule has 0 aromatic heterocycles. The number of hydrogen-bond acceptors (Lipinski definition) is 7. The maximum atomic E-state index is 12.5. The Bertz CT molecular complexity index is 1160. The third-order valence-electron chi connectivity index (χ3n) is 7.02. The quantitative estimate of drug-likeness (QED) is 0.508. The second-order valence-electron chi connectivity index (χ2n) is 9.40. The van der Waals surface area contributed by atoms with Crippen molar-refractivity contribution >= 4 is 32.1 Å². The standard InChI is InChI=1S/C25H35N3O4S2.ClH/c1-33(29,30)25-10-6-5-7-22(25)21-27-13-11-23(12-14-27)28-17-15-26(16-18-28)19-20-34(31,32)24-8-3-2-4-9-24;/h2-10,23H,11-21H2,1H3;1H. The van der Waals surface area contributed by atoms with Crippen LogP contribution in [0.3, 0.4) is 0 Å². The molecular formula is C25H36ClN3O4S2. The molecule has 2 saturated heterocycles. The van der Waals surface area contributed by atoms with Gasteiger partial charge in [0.15, 0.2) is 19.7 Å². The summed E-state index contributed by atoms with van der Waals surface area (Å²) in [5.74, 6) is 0.157. The van der Waals surface area contributed by atoms with E-state index in [1.165, 1.54) is 6.26 Å². The van der Waals surface area contributed by atoms with Gasteiger partial charge in [-0.15, -0.1) is 12.4 Å². The molecule has 0 unspecified atom stereocenters. The van der Waals surface area contributed by atoms with Gasteiger partial charge in [-0.25, -0.2) is 16.8 Å². The molecule has 0 N–H and O–H groups in total. The molecule has 2 aromatic carbocycles. The normalized spacial score (nSPS) is 19.3. The van der Waals surface area contributed by atoms with Crippen LogP contribution in [0.1, 0.15) is 18.4 Å². The van der Waals surface area contributed by atoms with Gasteiger partial charge in [0.2, 0.25) is 0 Å². The number of nitrogens with zero attached hydrogens (tertiary/aromatic N) is 3. The molecule has 0 radical (unpaired) electrons. The first kappa shape index (κ1) is 28.1. The summed E-state index contributed by atoms with van der Waals surface area (Å²) in [5, 5.41) is 0. The molecule has 2 heterocycles. The minimum atomic E-state index is -3.24. The lowest BCUT2D eigenvalue weighted by Crippen LogP contribution is -2.53. The number of benzene rings is 2. The van der Waals surface area contributed by atoms with Crippen LogP contribution in [0, 0.1) is 0 Å². The number of likely N-dealkylation sites (tertiary alicyclic amines) is 1. The lowest BCUT2D eigenvalue weighted by Gasteiger charge is -2.42. The second kappa shape index (κ2) is 12.2. The number of rotatable bonds is 8. The van der Waals surface area contributed by atoms with E-state index in [-0.39, 0.29) is 18.2 Å². The van der Waals surface area contributed by atoms with Gasteiger partial charge in [0.25, 0.3) is 0 Å². The van der Waals surface area contributed by atoms with Crippen LogP contribution < -0.4 is 0 Å². The number of piperidine rings is 1. The minimum absolute atomic E-state index is 0. The third kappa shape index (κ3) is 7.50. The third-order valence-corrected chi connectivity index (χ3v) is 9.93. The molecule has 0 aliphatic carbocycles.